The van der Waals surface area contributed by atoms with Gasteiger partial charge in [0.25, 0.3) is 5.91 Å². The van der Waals surface area contributed by atoms with Crippen LogP contribution in [0.25, 0.3) is 22.4 Å². The van der Waals surface area contributed by atoms with E-state index in [1.807, 2.05) is 0 Å². The Balaban J connectivity index is 1.62. The Kier molecular flexibility index (Phi) is 7.72. The molecule has 39 heavy (non-hydrogen) atoms. The summed E-state index contributed by atoms with van der Waals surface area (Å²) in [6.45, 7) is 1.27. The summed E-state index contributed by atoms with van der Waals surface area (Å²) in [4.78, 5) is 33.7. The Hall–Kier alpha value is -4.65. The molecule has 204 valence electrons. The maximum absolute atomic E-state index is 13.3. The number of hydrogen-bond acceptors (Lipinski definition) is 8. The van der Waals surface area contributed by atoms with Crippen LogP contribution in [0.3, 0.4) is 0 Å². The number of ether oxygens (including phenoxy) is 2. The minimum absolute atomic E-state index is 0.0173. The van der Waals surface area contributed by atoms with Gasteiger partial charge in [0.05, 0.1) is 26.5 Å². The van der Waals surface area contributed by atoms with Crippen molar-refractivity contribution in [2.75, 3.05) is 19.5 Å². The average molecular weight is 544 g/mol. The van der Waals surface area contributed by atoms with Gasteiger partial charge in [-0.2, -0.15) is 13.2 Å². The molecular formula is C26H24F3N5O5. The first kappa shape index (κ1) is 27.4. The number of hydrogen-bond donors (Lipinski definition) is 3. The highest BCUT2D eigenvalue weighted by Crippen LogP contribution is 2.37. The van der Waals surface area contributed by atoms with Crippen LogP contribution < -0.4 is 25.8 Å². The van der Waals surface area contributed by atoms with E-state index in [4.69, 9.17) is 19.6 Å². The highest BCUT2D eigenvalue weighted by atomic mass is 19.4. The Morgan fingerprint density at radius 3 is 2.41 bits per heavy atom. The molecule has 1 atom stereocenters. The number of carbonyl (C=O) groups is 2. The standard InChI is InChI=1S/C26H24F3N5O5/c1-13(23(35)32-16-6-4-5-7-17(16)37-2)31-24(36)22-19(12-30)39-25(34-22)15-8-10-18(38-3)21-14(15)9-11-20(33-21)26(27,28)29/h4-11,13H,12,30H2,1-3H3,(H,31,36)(H,32,35)/t13-/m1/s1. The summed E-state index contributed by atoms with van der Waals surface area (Å²) in [5, 5.41) is 5.48. The molecule has 2 aromatic carbocycles. The summed E-state index contributed by atoms with van der Waals surface area (Å²) in [5.41, 5.74) is 5.12. The number of oxazole rings is 1. The van der Waals surface area contributed by atoms with Crippen LogP contribution in [0.1, 0.15) is 28.9 Å². The second-order valence-electron chi connectivity index (χ2n) is 8.29. The summed E-state index contributed by atoms with van der Waals surface area (Å²) < 4.78 is 55.9. The number of fused-ring (bicyclic) bond motifs is 1. The number of pyridine rings is 1. The van der Waals surface area contributed by atoms with Crippen LogP contribution in [-0.4, -0.2) is 42.0 Å². The fraction of sp³-hybridized carbons (Fsp3) is 0.231. The van der Waals surface area contributed by atoms with Gasteiger partial charge in [0.2, 0.25) is 11.8 Å². The number of methoxy groups -OCH3 is 2. The van der Waals surface area contributed by atoms with E-state index < -0.39 is 29.7 Å². The number of nitrogens with one attached hydrogen (secondary N) is 2. The molecule has 13 heteroatoms. The van der Waals surface area contributed by atoms with E-state index in [-0.39, 0.29) is 46.1 Å². The Morgan fingerprint density at radius 1 is 1.03 bits per heavy atom. The first-order valence-corrected chi connectivity index (χ1v) is 11.6. The topological polar surface area (TPSA) is 142 Å². The molecule has 0 radical (unpaired) electrons. The molecule has 2 aromatic heterocycles. The number of anilines is 1. The zero-order valence-corrected chi connectivity index (χ0v) is 21.1. The number of nitrogens with zero attached hydrogens (tertiary/aromatic N) is 2. The van der Waals surface area contributed by atoms with Gasteiger partial charge >= 0.3 is 6.18 Å². The third-order valence-electron chi connectivity index (χ3n) is 5.76. The van der Waals surface area contributed by atoms with E-state index in [0.29, 0.717) is 11.4 Å². The van der Waals surface area contributed by atoms with Crippen LogP contribution >= 0.6 is 0 Å². The quantitative estimate of drug-likeness (QED) is 0.301. The lowest BCUT2D eigenvalue weighted by Crippen LogP contribution is -2.42. The molecule has 0 bridgehead atoms. The number of para-hydroxylation sites is 2. The highest BCUT2D eigenvalue weighted by molar-refractivity contribution is 6.02. The molecule has 2 heterocycles. The normalized spacial score (nSPS) is 12.2. The average Bonchev–Trinajstić information content (AvgIpc) is 3.36. The molecule has 4 rings (SSSR count). The van der Waals surface area contributed by atoms with Crippen molar-refractivity contribution in [2.45, 2.75) is 25.7 Å². The Labute approximate surface area is 220 Å². The lowest BCUT2D eigenvalue weighted by atomic mass is 10.1. The van der Waals surface area contributed by atoms with Gasteiger partial charge in [0.15, 0.2) is 11.5 Å². The number of benzene rings is 2. The number of carbonyl (C=O) groups excluding carboxylic acids is 2. The van der Waals surface area contributed by atoms with Crippen LogP contribution in [0.5, 0.6) is 11.5 Å². The van der Waals surface area contributed by atoms with E-state index in [9.17, 15) is 22.8 Å². The monoisotopic (exact) mass is 543 g/mol. The summed E-state index contributed by atoms with van der Waals surface area (Å²) in [5.74, 6) is -0.746. The van der Waals surface area contributed by atoms with Crippen molar-refractivity contribution < 1.29 is 36.7 Å². The lowest BCUT2D eigenvalue weighted by Gasteiger charge is -2.15. The van der Waals surface area contributed by atoms with Crippen molar-refractivity contribution in [3.63, 3.8) is 0 Å². The van der Waals surface area contributed by atoms with Gasteiger partial charge in [-0.25, -0.2) is 9.97 Å². The number of aromatic nitrogens is 2. The van der Waals surface area contributed by atoms with Crippen molar-refractivity contribution in [3.05, 3.63) is 65.7 Å². The molecule has 2 amide bonds. The number of rotatable bonds is 8. The summed E-state index contributed by atoms with van der Waals surface area (Å²) in [6.07, 6.45) is -4.66. The fourth-order valence-corrected chi connectivity index (χ4v) is 3.80. The number of amides is 2. The van der Waals surface area contributed by atoms with Crippen molar-refractivity contribution in [1.82, 2.24) is 15.3 Å². The third-order valence-corrected chi connectivity index (χ3v) is 5.76. The van der Waals surface area contributed by atoms with Gasteiger partial charge in [-0.1, -0.05) is 12.1 Å². The van der Waals surface area contributed by atoms with Crippen LogP contribution in [0.4, 0.5) is 18.9 Å². The van der Waals surface area contributed by atoms with E-state index in [1.54, 1.807) is 24.3 Å². The molecule has 4 aromatic rings. The maximum atomic E-state index is 13.3. The van der Waals surface area contributed by atoms with Crippen LogP contribution in [-0.2, 0) is 17.5 Å². The van der Waals surface area contributed by atoms with Crippen molar-refractivity contribution >= 4 is 28.4 Å². The molecule has 0 aliphatic rings. The maximum Gasteiger partial charge on any atom is 0.433 e. The van der Waals surface area contributed by atoms with Crippen molar-refractivity contribution in [1.29, 1.82) is 0 Å². The van der Waals surface area contributed by atoms with Gasteiger partial charge in [-0.15, -0.1) is 0 Å². The minimum Gasteiger partial charge on any atom is -0.495 e. The Morgan fingerprint density at radius 2 is 1.74 bits per heavy atom. The third kappa shape index (κ3) is 5.62. The van der Waals surface area contributed by atoms with Gasteiger partial charge in [0.1, 0.15) is 28.8 Å². The zero-order chi connectivity index (χ0) is 28.3. The van der Waals surface area contributed by atoms with Gasteiger partial charge in [-0.3, -0.25) is 9.59 Å². The van der Waals surface area contributed by atoms with E-state index in [2.05, 4.69) is 20.6 Å². The first-order valence-electron chi connectivity index (χ1n) is 11.6. The largest absolute Gasteiger partial charge is 0.495 e. The van der Waals surface area contributed by atoms with E-state index in [1.165, 1.54) is 39.3 Å². The smallest absolute Gasteiger partial charge is 0.433 e. The predicted octanol–water partition coefficient (Wildman–Crippen LogP) is 4.14. The zero-order valence-electron chi connectivity index (χ0n) is 21.1. The fourth-order valence-electron chi connectivity index (χ4n) is 3.80. The van der Waals surface area contributed by atoms with Crippen molar-refractivity contribution in [2.24, 2.45) is 5.73 Å². The molecule has 0 fully saturated rings. The summed E-state index contributed by atoms with van der Waals surface area (Å²) in [6, 6.07) is 10.8. The number of nitrogens with two attached hydrogens (primary N) is 1. The highest BCUT2D eigenvalue weighted by Gasteiger charge is 2.33. The molecule has 0 unspecified atom stereocenters. The molecular weight excluding hydrogens is 519 g/mol. The first-order chi connectivity index (χ1) is 18.6. The van der Waals surface area contributed by atoms with Crippen LogP contribution in [0, 0.1) is 0 Å². The molecule has 0 aliphatic heterocycles. The molecule has 0 aliphatic carbocycles. The SMILES string of the molecule is COc1ccccc1NC(=O)[C@@H](C)NC(=O)c1nc(-c2ccc(OC)c3nc(C(F)(F)F)ccc23)oc1CN. The number of halogens is 3. The molecule has 4 N–H and O–H groups in total. The molecule has 10 nitrogen and oxygen atoms in total. The van der Waals surface area contributed by atoms with E-state index in [0.717, 1.165) is 6.07 Å². The van der Waals surface area contributed by atoms with Crippen molar-refractivity contribution in [3.8, 4) is 23.0 Å². The molecule has 0 spiro atoms. The van der Waals surface area contributed by atoms with Gasteiger partial charge < -0.3 is 30.3 Å². The van der Waals surface area contributed by atoms with E-state index >= 15 is 0 Å². The van der Waals surface area contributed by atoms with Crippen LogP contribution in [0.15, 0.2) is 52.9 Å². The Bertz CT molecular complexity index is 1540. The van der Waals surface area contributed by atoms with Gasteiger partial charge in [-0.05, 0) is 43.3 Å². The molecule has 0 saturated carbocycles. The lowest BCUT2D eigenvalue weighted by molar-refractivity contribution is -0.141. The molecule has 0 saturated heterocycles. The predicted molar refractivity (Wildman–Crippen MR) is 135 cm³/mol. The van der Waals surface area contributed by atoms with Crippen LogP contribution in [0.2, 0.25) is 0 Å². The second kappa shape index (κ2) is 11.0. The summed E-state index contributed by atoms with van der Waals surface area (Å²) in [7, 11) is 2.77. The minimum atomic E-state index is -4.66. The number of alkyl halides is 3. The second-order valence-corrected chi connectivity index (χ2v) is 8.29. The summed E-state index contributed by atoms with van der Waals surface area (Å²) >= 11 is 0. The van der Waals surface area contributed by atoms with Gasteiger partial charge in [0, 0.05) is 10.9 Å².